The molecular weight excluding hydrogens is 366 g/mol. The van der Waals surface area contributed by atoms with Crippen LogP contribution in [-0.2, 0) is 11.3 Å². The average molecular weight is 383 g/mol. The summed E-state index contributed by atoms with van der Waals surface area (Å²) >= 11 is 1.21. The number of benzene rings is 1. The molecule has 0 fully saturated rings. The van der Waals surface area contributed by atoms with E-state index in [1.165, 1.54) is 11.8 Å². The Hall–Kier alpha value is -3.07. The van der Waals surface area contributed by atoms with Crippen molar-refractivity contribution in [3.8, 4) is 0 Å². The van der Waals surface area contributed by atoms with Crippen molar-refractivity contribution in [1.82, 2.24) is 19.7 Å². The first-order valence-corrected chi connectivity index (χ1v) is 9.42. The van der Waals surface area contributed by atoms with E-state index < -0.39 is 0 Å². The fraction of sp³-hybridized carbons (Fsp3) is 0.222. The van der Waals surface area contributed by atoms with Gasteiger partial charge in [-0.2, -0.15) is 0 Å². The van der Waals surface area contributed by atoms with Crippen LogP contribution in [0.4, 0.5) is 5.82 Å². The van der Waals surface area contributed by atoms with Crippen LogP contribution < -0.4 is 10.9 Å². The van der Waals surface area contributed by atoms with Crippen LogP contribution >= 0.6 is 11.8 Å². The molecule has 9 heteroatoms. The molecule has 0 saturated heterocycles. The van der Waals surface area contributed by atoms with E-state index in [0.29, 0.717) is 34.3 Å². The lowest BCUT2D eigenvalue weighted by Gasteiger charge is -2.09. The Labute approximate surface area is 157 Å². The number of thioether (sulfide) groups is 1. The van der Waals surface area contributed by atoms with Crippen LogP contribution in [0, 0.1) is 6.92 Å². The maximum Gasteiger partial charge on any atom is 0.278 e. The van der Waals surface area contributed by atoms with Gasteiger partial charge in [0, 0.05) is 23.5 Å². The molecule has 0 radical (unpaired) electrons. The lowest BCUT2D eigenvalue weighted by molar-refractivity contribution is -0.113. The van der Waals surface area contributed by atoms with E-state index in [2.05, 4.69) is 20.4 Å². The van der Waals surface area contributed by atoms with Gasteiger partial charge >= 0.3 is 0 Å². The van der Waals surface area contributed by atoms with E-state index in [-0.39, 0.29) is 17.2 Å². The molecule has 0 saturated carbocycles. The zero-order chi connectivity index (χ0) is 19.0. The lowest BCUT2D eigenvalue weighted by atomic mass is 10.2. The van der Waals surface area contributed by atoms with Gasteiger partial charge in [0.05, 0.1) is 5.75 Å². The third-order valence-corrected chi connectivity index (χ3v) is 5.10. The number of rotatable bonds is 5. The van der Waals surface area contributed by atoms with Gasteiger partial charge in [0.15, 0.2) is 11.0 Å². The molecule has 0 spiro atoms. The highest BCUT2D eigenvalue weighted by Gasteiger charge is 2.16. The summed E-state index contributed by atoms with van der Waals surface area (Å²) in [5.41, 5.74) is 1.81. The second-order valence-electron chi connectivity index (χ2n) is 6.00. The van der Waals surface area contributed by atoms with Gasteiger partial charge in [0.1, 0.15) is 16.8 Å². The number of nitrogens with zero attached hydrogens (tertiary/aromatic N) is 3. The number of H-pyrrole nitrogens is 1. The number of carbonyl (C=O) groups excluding carboxylic acids is 1. The van der Waals surface area contributed by atoms with Crippen molar-refractivity contribution in [2.45, 2.75) is 25.5 Å². The van der Waals surface area contributed by atoms with Crippen molar-refractivity contribution >= 4 is 45.4 Å². The number of carbonyl (C=O) groups is 1. The van der Waals surface area contributed by atoms with Crippen LogP contribution in [0.3, 0.4) is 0 Å². The number of para-hydroxylation sites is 1. The molecule has 0 atom stereocenters. The summed E-state index contributed by atoms with van der Waals surface area (Å²) in [6, 6.07) is 9.28. The molecule has 138 valence electrons. The maximum absolute atomic E-state index is 12.8. The Morgan fingerprint density at radius 3 is 2.93 bits per heavy atom. The van der Waals surface area contributed by atoms with Gasteiger partial charge in [0.25, 0.3) is 5.56 Å². The molecule has 4 aromatic rings. The van der Waals surface area contributed by atoms with Gasteiger partial charge in [-0.25, -0.2) is 4.98 Å². The summed E-state index contributed by atoms with van der Waals surface area (Å²) in [6.45, 7) is 4.08. The van der Waals surface area contributed by atoms with Crippen LogP contribution in [0.5, 0.6) is 0 Å². The summed E-state index contributed by atoms with van der Waals surface area (Å²) in [6.07, 6.45) is 0. The molecule has 1 amide bonds. The van der Waals surface area contributed by atoms with Crippen LogP contribution in [0.2, 0.25) is 0 Å². The smallest absolute Gasteiger partial charge is 0.278 e. The van der Waals surface area contributed by atoms with Gasteiger partial charge in [-0.1, -0.05) is 35.1 Å². The van der Waals surface area contributed by atoms with E-state index in [9.17, 15) is 9.59 Å². The number of fused-ring (bicyclic) bond motifs is 3. The number of aromatic amines is 1. The number of hydrogen-bond donors (Lipinski definition) is 2. The molecular formula is C18H17N5O3S. The van der Waals surface area contributed by atoms with E-state index in [1.807, 2.05) is 31.2 Å². The van der Waals surface area contributed by atoms with Crippen molar-refractivity contribution in [3.05, 3.63) is 46.4 Å². The fourth-order valence-electron chi connectivity index (χ4n) is 2.90. The first-order valence-electron chi connectivity index (χ1n) is 8.44. The molecule has 0 bridgehead atoms. The van der Waals surface area contributed by atoms with Crippen molar-refractivity contribution < 1.29 is 9.32 Å². The minimum Gasteiger partial charge on any atom is -0.360 e. The molecule has 1 aromatic carbocycles. The third kappa shape index (κ3) is 3.21. The number of hydrogen-bond acceptors (Lipinski definition) is 6. The SMILES string of the molecule is CCn1c(SCC(=O)Nc2cc(C)on2)nc2c([nH]c3ccccc32)c1=O. The van der Waals surface area contributed by atoms with E-state index in [0.717, 1.165) is 10.9 Å². The fourth-order valence-corrected chi connectivity index (χ4v) is 3.76. The Morgan fingerprint density at radius 1 is 1.37 bits per heavy atom. The van der Waals surface area contributed by atoms with Crippen LogP contribution in [0.15, 0.2) is 44.8 Å². The molecule has 8 nitrogen and oxygen atoms in total. The van der Waals surface area contributed by atoms with Gasteiger partial charge in [-0.05, 0) is 19.9 Å². The van der Waals surface area contributed by atoms with E-state index >= 15 is 0 Å². The molecule has 3 heterocycles. The second kappa shape index (κ2) is 6.92. The maximum atomic E-state index is 12.8. The Kier molecular flexibility index (Phi) is 4.44. The standard InChI is InChI=1S/C18H17N5O3S/c1-3-23-17(25)16-15(11-6-4-5-7-12(11)19-16)21-18(23)27-9-14(24)20-13-8-10(2)26-22-13/h4-8,19H,3,9H2,1-2H3,(H,20,22,24). The van der Waals surface area contributed by atoms with Crippen LogP contribution in [0.1, 0.15) is 12.7 Å². The van der Waals surface area contributed by atoms with Crippen molar-refractivity contribution in [3.63, 3.8) is 0 Å². The molecule has 0 unspecified atom stereocenters. The lowest BCUT2D eigenvalue weighted by Crippen LogP contribution is -2.23. The van der Waals surface area contributed by atoms with Crippen LogP contribution in [-0.4, -0.2) is 31.4 Å². The highest BCUT2D eigenvalue weighted by atomic mass is 32.2. The summed E-state index contributed by atoms with van der Waals surface area (Å²) in [5, 5.41) is 7.79. The van der Waals surface area contributed by atoms with Gasteiger partial charge in [-0.15, -0.1) is 0 Å². The minimum absolute atomic E-state index is 0.103. The molecule has 27 heavy (non-hydrogen) atoms. The van der Waals surface area contributed by atoms with Crippen molar-refractivity contribution in [2.75, 3.05) is 11.1 Å². The molecule has 4 rings (SSSR count). The number of amides is 1. The number of anilines is 1. The topological polar surface area (TPSA) is 106 Å². The van der Waals surface area contributed by atoms with E-state index in [4.69, 9.17) is 4.52 Å². The Balaban J connectivity index is 1.65. The molecule has 0 aliphatic heterocycles. The Bertz CT molecular complexity index is 1210. The highest BCUT2D eigenvalue weighted by molar-refractivity contribution is 7.99. The average Bonchev–Trinajstić information content (AvgIpc) is 3.23. The van der Waals surface area contributed by atoms with Gasteiger partial charge < -0.3 is 14.8 Å². The number of nitrogens with one attached hydrogen (secondary N) is 2. The Morgan fingerprint density at radius 2 is 2.19 bits per heavy atom. The summed E-state index contributed by atoms with van der Waals surface area (Å²) in [5.74, 6) is 0.839. The highest BCUT2D eigenvalue weighted by Crippen LogP contribution is 2.24. The first kappa shape index (κ1) is 17.3. The summed E-state index contributed by atoms with van der Waals surface area (Å²) in [7, 11) is 0. The summed E-state index contributed by atoms with van der Waals surface area (Å²) in [4.78, 5) is 32.8. The quantitative estimate of drug-likeness (QED) is 0.405. The zero-order valence-corrected chi connectivity index (χ0v) is 15.6. The van der Waals surface area contributed by atoms with Crippen molar-refractivity contribution in [2.24, 2.45) is 0 Å². The first-order chi connectivity index (χ1) is 13.1. The van der Waals surface area contributed by atoms with Crippen LogP contribution in [0.25, 0.3) is 21.9 Å². The van der Waals surface area contributed by atoms with Crippen molar-refractivity contribution in [1.29, 1.82) is 0 Å². The summed E-state index contributed by atoms with van der Waals surface area (Å²) < 4.78 is 6.49. The van der Waals surface area contributed by atoms with Gasteiger partial charge in [-0.3, -0.25) is 14.2 Å². The zero-order valence-electron chi connectivity index (χ0n) is 14.8. The largest absolute Gasteiger partial charge is 0.360 e. The second-order valence-corrected chi connectivity index (χ2v) is 6.94. The molecule has 0 aliphatic rings. The third-order valence-electron chi connectivity index (χ3n) is 4.12. The molecule has 2 N–H and O–H groups in total. The predicted octanol–water partition coefficient (Wildman–Crippen LogP) is 2.92. The molecule has 3 aromatic heterocycles. The number of aromatic nitrogens is 4. The predicted molar refractivity (Wildman–Crippen MR) is 104 cm³/mol. The van der Waals surface area contributed by atoms with E-state index in [1.54, 1.807) is 17.6 Å². The minimum atomic E-state index is -0.246. The molecule has 0 aliphatic carbocycles. The normalized spacial score (nSPS) is 11.3. The van der Waals surface area contributed by atoms with Gasteiger partial charge in [0.2, 0.25) is 5.91 Å². The number of aryl methyl sites for hydroxylation is 1. The monoisotopic (exact) mass is 383 g/mol.